The summed E-state index contributed by atoms with van der Waals surface area (Å²) in [5.41, 5.74) is 16.6. The van der Waals surface area contributed by atoms with Crippen molar-refractivity contribution in [3.8, 4) is 22.5 Å². The summed E-state index contributed by atoms with van der Waals surface area (Å²) < 4.78 is 4.83. The Hall–Kier alpha value is -6.64. The first-order chi connectivity index (χ1) is 25.2. The molecule has 2 aromatic heterocycles. The fraction of sp³-hybridized carbons (Fsp3) is 0.0204. The van der Waals surface area contributed by atoms with Gasteiger partial charge < -0.3 is 9.13 Å². The van der Waals surface area contributed by atoms with Gasteiger partial charge in [-0.15, -0.1) is 0 Å². The van der Waals surface area contributed by atoms with Gasteiger partial charge in [-0.05, 0) is 99.1 Å². The van der Waals surface area contributed by atoms with Gasteiger partial charge in [0.05, 0.1) is 27.5 Å². The molecule has 9 aromatic rings. The molecule has 0 radical (unpaired) electrons. The van der Waals surface area contributed by atoms with Crippen LogP contribution in [0.25, 0.3) is 71.7 Å². The monoisotopic (exact) mass is 648 g/mol. The maximum atomic E-state index is 4.41. The molecule has 0 saturated heterocycles. The Balaban J connectivity index is 1.19. The van der Waals surface area contributed by atoms with Crippen molar-refractivity contribution in [2.24, 2.45) is 0 Å². The van der Waals surface area contributed by atoms with Crippen LogP contribution in [-0.4, -0.2) is 9.13 Å². The third kappa shape index (κ3) is 3.46. The van der Waals surface area contributed by atoms with Crippen LogP contribution >= 0.6 is 0 Å². The molecule has 0 saturated carbocycles. The van der Waals surface area contributed by atoms with Crippen molar-refractivity contribution in [2.45, 2.75) is 5.41 Å². The molecule has 238 valence electrons. The summed E-state index contributed by atoms with van der Waals surface area (Å²) in [4.78, 5) is 0. The van der Waals surface area contributed by atoms with Crippen LogP contribution in [0.1, 0.15) is 22.3 Å². The van der Waals surface area contributed by atoms with Gasteiger partial charge in [0.25, 0.3) is 0 Å². The largest absolute Gasteiger partial charge is 0.309 e. The molecule has 1 spiro atoms. The number of rotatable bonds is 4. The summed E-state index contributed by atoms with van der Waals surface area (Å²) in [6.07, 6.45) is 4.08. The fourth-order valence-electron chi connectivity index (χ4n) is 9.57. The minimum Gasteiger partial charge on any atom is -0.309 e. The van der Waals surface area contributed by atoms with Crippen molar-refractivity contribution < 1.29 is 0 Å². The number of para-hydroxylation sites is 3. The highest BCUT2D eigenvalue weighted by Crippen LogP contribution is 2.63. The summed E-state index contributed by atoms with van der Waals surface area (Å²) in [7, 11) is 0. The van der Waals surface area contributed by atoms with Crippen LogP contribution in [0.3, 0.4) is 0 Å². The second-order valence-electron chi connectivity index (χ2n) is 13.7. The molecule has 2 heteroatoms. The molecule has 2 aliphatic carbocycles. The fourth-order valence-corrected chi connectivity index (χ4v) is 9.57. The van der Waals surface area contributed by atoms with Crippen LogP contribution in [0.5, 0.6) is 0 Å². The number of aromatic nitrogens is 2. The van der Waals surface area contributed by atoms with Crippen molar-refractivity contribution in [1.82, 2.24) is 9.13 Å². The average Bonchev–Trinajstić information content (AvgIpc) is 3.88. The number of allylic oxidation sites excluding steroid dienone is 4. The summed E-state index contributed by atoms with van der Waals surface area (Å²) in [6, 6.07) is 58.0. The SMILES string of the molecule is C=CC1=C(C=C)C2(c3ccccc31)c1ccccc1-c1cc3c4ccccc4n(-c4ccc(-n5c6ccccc6c6ccccc65)cc4)c3cc12. The van der Waals surface area contributed by atoms with E-state index in [1.54, 1.807) is 0 Å². The van der Waals surface area contributed by atoms with Gasteiger partial charge in [0, 0.05) is 32.9 Å². The van der Waals surface area contributed by atoms with Gasteiger partial charge in [-0.1, -0.05) is 128 Å². The van der Waals surface area contributed by atoms with E-state index < -0.39 is 5.41 Å². The summed E-state index contributed by atoms with van der Waals surface area (Å²) in [6.45, 7) is 8.69. The van der Waals surface area contributed by atoms with Crippen molar-refractivity contribution in [2.75, 3.05) is 0 Å². The Kier molecular flexibility index (Phi) is 5.64. The van der Waals surface area contributed by atoms with E-state index in [0.29, 0.717) is 0 Å². The van der Waals surface area contributed by atoms with E-state index in [1.165, 1.54) is 82.6 Å². The molecular formula is C49H32N2. The Morgan fingerprint density at radius 1 is 0.392 bits per heavy atom. The number of benzene rings is 7. The van der Waals surface area contributed by atoms with E-state index >= 15 is 0 Å². The predicted molar refractivity (Wildman–Crippen MR) is 214 cm³/mol. The van der Waals surface area contributed by atoms with Crippen LogP contribution in [-0.2, 0) is 5.41 Å². The molecule has 0 N–H and O–H groups in total. The Morgan fingerprint density at radius 2 is 0.863 bits per heavy atom. The van der Waals surface area contributed by atoms with E-state index in [9.17, 15) is 0 Å². The van der Waals surface area contributed by atoms with E-state index in [1.807, 2.05) is 6.08 Å². The minimum absolute atomic E-state index is 0.482. The van der Waals surface area contributed by atoms with Gasteiger partial charge in [-0.25, -0.2) is 0 Å². The lowest BCUT2D eigenvalue weighted by Gasteiger charge is -2.31. The highest BCUT2D eigenvalue weighted by atomic mass is 15.0. The first-order valence-electron chi connectivity index (χ1n) is 17.6. The number of fused-ring (bicyclic) bond motifs is 13. The van der Waals surface area contributed by atoms with Gasteiger partial charge in [-0.2, -0.15) is 0 Å². The van der Waals surface area contributed by atoms with Gasteiger partial charge in [0.15, 0.2) is 0 Å². The van der Waals surface area contributed by atoms with E-state index in [2.05, 4.69) is 186 Å². The van der Waals surface area contributed by atoms with Gasteiger partial charge in [0.2, 0.25) is 0 Å². The van der Waals surface area contributed by atoms with Crippen molar-refractivity contribution in [3.05, 3.63) is 211 Å². The van der Waals surface area contributed by atoms with Crippen LogP contribution in [0.2, 0.25) is 0 Å². The standard InChI is InChI=1S/C49H32N2/c1-3-33-34-15-5-10-20-42(34)49(41(33)4-2)43-21-11-6-16-35(43)39-29-40-38-19-9-14-24-47(38)51(48(40)30-44(39)49)32-27-25-31(26-28-32)50-45-22-12-7-17-36(45)37-18-8-13-23-46(37)50/h3-30H,1-2H2. The predicted octanol–water partition coefficient (Wildman–Crippen LogP) is 12.3. The van der Waals surface area contributed by atoms with E-state index in [4.69, 9.17) is 0 Å². The molecule has 1 unspecified atom stereocenters. The maximum Gasteiger partial charge on any atom is 0.0726 e. The molecular weight excluding hydrogens is 617 g/mol. The lowest BCUT2D eigenvalue weighted by molar-refractivity contribution is 0.787. The molecule has 0 fully saturated rings. The Bertz CT molecular complexity index is 2950. The maximum absolute atomic E-state index is 4.41. The highest BCUT2D eigenvalue weighted by molar-refractivity contribution is 6.13. The van der Waals surface area contributed by atoms with Gasteiger partial charge >= 0.3 is 0 Å². The number of hydrogen-bond acceptors (Lipinski definition) is 0. The smallest absolute Gasteiger partial charge is 0.0726 e. The normalized spacial score (nSPS) is 16.0. The molecule has 0 amide bonds. The molecule has 11 rings (SSSR count). The molecule has 0 aliphatic heterocycles. The molecule has 2 aliphatic rings. The third-order valence-corrected chi connectivity index (χ3v) is 11.5. The lowest BCUT2D eigenvalue weighted by Crippen LogP contribution is -2.26. The van der Waals surface area contributed by atoms with Crippen molar-refractivity contribution >= 4 is 49.2 Å². The van der Waals surface area contributed by atoms with Gasteiger partial charge in [0.1, 0.15) is 0 Å². The molecule has 7 aromatic carbocycles. The first kappa shape index (κ1) is 28.2. The third-order valence-electron chi connectivity index (χ3n) is 11.5. The molecule has 51 heavy (non-hydrogen) atoms. The molecule has 1 atom stereocenters. The molecule has 2 nitrogen and oxygen atoms in total. The second kappa shape index (κ2) is 10.2. The van der Waals surface area contributed by atoms with Crippen molar-refractivity contribution in [3.63, 3.8) is 0 Å². The second-order valence-corrected chi connectivity index (χ2v) is 13.7. The Labute approximate surface area is 296 Å². The van der Waals surface area contributed by atoms with E-state index in [0.717, 1.165) is 16.9 Å². The zero-order valence-electron chi connectivity index (χ0n) is 28.0. The number of nitrogens with zero attached hydrogens (tertiary/aromatic N) is 2. The van der Waals surface area contributed by atoms with E-state index in [-0.39, 0.29) is 0 Å². The summed E-state index contributed by atoms with van der Waals surface area (Å²) in [5.74, 6) is 0. The lowest BCUT2D eigenvalue weighted by atomic mass is 9.69. The average molecular weight is 649 g/mol. The number of hydrogen-bond donors (Lipinski definition) is 0. The molecule has 2 heterocycles. The minimum atomic E-state index is -0.482. The van der Waals surface area contributed by atoms with Gasteiger partial charge in [-0.3, -0.25) is 0 Å². The summed E-state index contributed by atoms with van der Waals surface area (Å²) in [5, 5.41) is 5.04. The van der Waals surface area contributed by atoms with Crippen molar-refractivity contribution in [1.29, 1.82) is 0 Å². The topological polar surface area (TPSA) is 9.86 Å². The van der Waals surface area contributed by atoms with Crippen LogP contribution < -0.4 is 0 Å². The van der Waals surface area contributed by atoms with Crippen LogP contribution in [0.4, 0.5) is 0 Å². The van der Waals surface area contributed by atoms with Crippen LogP contribution in [0.15, 0.2) is 189 Å². The quantitative estimate of drug-likeness (QED) is 0.180. The van der Waals surface area contributed by atoms with Crippen LogP contribution in [0, 0.1) is 0 Å². The Morgan fingerprint density at radius 3 is 1.43 bits per heavy atom. The summed E-state index contributed by atoms with van der Waals surface area (Å²) >= 11 is 0. The zero-order chi connectivity index (χ0) is 33.8. The highest BCUT2D eigenvalue weighted by Gasteiger charge is 2.51. The zero-order valence-corrected chi connectivity index (χ0v) is 28.0. The molecule has 0 bridgehead atoms. The first-order valence-corrected chi connectivity index (χ1v) is 17.6.